The maximum absolute atomic E-state index is 11.0. The van der Waals surface area contributed by atoms with E-state index >= 15 is 0 Å². The molecule has 0 aromatic heterocycles. The molecule has 0 saturated carbocycles. The molecule has 104 valence electrons. The number of hydrogen-bond acceptors (Lipinski definition) is 1. The zero-order valence-electron chi connectivity index (χ0n) is 11.7. The van der Waals surface area contributed by atoms with Gasteiger partial charge in [0.1, 0.15) is 0 Å². The van der Waals surface area contributed by atoms with E-state index in [1.165, 1.54) is 22.3 Å². The van der Waals surface area contributed by atoms with Crippen LogP contribution in [0.1, 0.15) is 28.7 Å². The first-order valence-electron chi connectivity index (χ1n) is 7.10. The zero-order valence-corrected chi connectivity index (χ0v) is 13.3. The SMILES string of the molecule is Cc1ccccc1CC1(O)CCc2cc(Br)ccc2C1. The molecule has 1 N–H and O–H groups in total. The van der Waals surface area contributed by atoms with Gasteiger partial charge in [-0.3, -0.25) is 0 Å². The lowest BCUT2D eigenvalue weighted by atomic mass is 9.77. The Bertz CT molecular complexity index is 635. The lowest BCUT2D eigenvalue weighted by molar-refractivity contribution is 0.0266. The molecule has 0 bridgehead atoms. The summed E-state index contributed by atoms with van der Waals surface area (Å²) in [5, 5.41) is 11.0. The number of aryl methyl sites for hydroxylation is 2. The van der Waals surface area contributed by atoms with Crippen molar-refractivity contribution in [2.45, 2.75) is 38.2 Å². The van der Waals surface area contributed by atoms with Gasteiger partial charge >= 0.3 is 0 Å². The average Bonchev–Trinajstić information content (AvgIpc) is 2.42. The van der Waals surface area contributed by atoms with Gasteiger partial charge in [-0.25, -0.2) is 0 Å². The largest absolute Gasteiger partial charge is 0.389 e. The Kier molecular flexibility index (Phi) is 3.70. The molecule has 0 spiro atoms. The van der Waals surface area contributed by atoms with Crippen molar-refractivity contribution < 1.29 is 5.11 Å². The van der Waals surface area contributed by atoms with E-state index in [9.17, 15) is 5.11 Å². The van der Waals surface area contributed by atoms with Crippen LogP contribution in [0.25, 0.3) is 0 Å². The number of hydrogen-bond donors (Lipinski definition) is 1. The zero-order chi connectivity index (χ0) is 14.2. The summed E-state index contributed by atoms with van der Waals surface area (Å²) in [6.45, 7) is 2.12. The highest BCUT2D eigenvalue weighted by molar-refractivity contribution is 9.10. The molecule has 0 aliphatic heterocycles. The van der Waals surface area contributed by atoms with Crippen molar-refractivity contribution in [2.24, 2.45) is 0 Å². The first-order chi connectivity index (χ1) is 9.56. The van der Waals surface area contributed by atoms with E-state index in [0.717, 1.165) is 30.2 Å². The standard InChI is InChI=1S/C18H19BrO/c1-13-4-2-3-5-15(13)11-18(20)9-8-14-10-17(19)7-6-16(14)12-18/h2-7,10,20H,8-9,11-12H2,1H3. The fraction of sp³-hybridized carbons (Fsp3) is 0.333. The van der Waals surface area contributed by atoms with E-state index in [1.807, 2.05) is 0 Å². The summed E-state index contributed by atoms with van der Waals surface area (Å²) in [5.41, 5.74) is 4.58. The van der Waals surface area contributed by atoms with Gasteiger partial charge in [0.25, 0.3) is 0 Å². The summed E-state index contributed by atoms with van der Waals surface area (Å²) in [7, 11) is 0. The molecule has 20 heavy (non-hydrogen) atoms. The molecule has 1 unspecified atom stereocenters. The van der Waals surface area contributed by atoms with Crippen LogP contribution in [0.3, 0.4) is 0 Å². The first-order valence-corrected chi connectivity index (χ1v) is 7.89. The van der Waals surface area contributed by atoms with Crippen LogP contribution in [0.15, 0.2) is 46.9 Å². The Morgan fingerprint density at radius 2 is 1.95 bits per heavy atom. The second-order valence-electron chi connectivity index (χ2n) is 5.92. The molecule has 1 aliphatic carbocycles. The second kappa shape index (κ2) is 5.34. The molecule has 0 amide bonds. The van der Waals surface area contributed by atoms with Crippen molar-refractivity contribution in [3.05, 3.63) is 69.2 Å². The minimum Gasteiger partial charge on any atom is -0.389 e. The van der Waals surface area contributed by atoms with E-state index in [-0.39, 0.29) is 0 Å². The van der Waals surface area contributed by atoms with E-state index in [2.05, 4.69) is 65.3 Å². The summed E-state index contributed by atoms with van der Waals surface area (Å²) in [4.78, 5) is 0. The summed E-state index contributed by atoms with van der Waals surface area (Å²) in [6.07, 6.45) is 3.29. The molecule has 1 atom stereocenters. The third-order valence-electron chi connectivity index (χ3n) is 4.33. The van der Waals surface area contributed by atoms with Crippen molar-refractivity contribution in [1.29, 1.82) is 0 Å². The van der Waals surface area contributed by atoms with Crippen molar-refractivity contribution in [3.63, 3.8) is 0 Å². The summed E-state index contributed by atoms with van der Waals surface area (Å²) in [6, 6.07) is 14.7. The fourth-order valence-corrected chi connectivity index (χ4v) is 3.53. The molecule has 2 aromatic carbocycles. The summed E-state index contributed by atoms with van der Waals surface area (Å²) in [5.74, 6) is 0. The normalized spacial score (nSPS) is 21.6. The van der Waals surface area contributed by atoms with Gasteiger partial charge < -0.3 is 5.11 Å². The molecule has 0 radical (unpaired) electrons. The van der Waals surface area contributed by atoms with E-state index in [4.69, 9.17) is 0 Å². The van der Waals surface area contributed by atoms with Crippen LogP contribution >= 0.6 is 15.9 Å². The molecule has 1 aliphatic rings. The van der Waals surface area contributed by atoms with Gasteiger partial charge in [-0.15, -0.1) is 0 Å². The highest BCUT2D eigenvalue weighted by Gasteiger charge is 2.32. The van der Waals surface area contributed by atoms with Gasteiger partial charge in [-0.2, -0.15) is 0 Å². The fourth-order valence-electron chi connectivity index (χ4n) is 3.12. The minimum atomic E-state index is -0.604. The van der Waals surface area contributed by atoms with Crippen LogP contribution in [0, 0.1) is 6.92 Å². The van der Waals surface area contributed by atoms with E-state index in [1.54, 1.807) is 0 Å². The lowest BCUT2D eigenvalue weighted by Crippen LogP contribution is -2.38. The van der Waals surface area contributed by atoms with Gasteiger partial charge in [-0.1, -0.05) is 46.3 Å². The molecule has 0 saturated heterocycles. The van der Waals surface area contributed by atoms with Crippen molar-refractivity contribution in [3.8, 4) is 0 Å². The predicted octanol–water partition coefficient (Wildman–Crippen LogP) is 4.22. The average molecular weight is 331 g/mol. The number of halogens is 1. The number of fused-ring (bicyclic) bond motifs is 1. The third kappa shape index (κ3) is 2.82. The Hall–Kier alpha value is -1.12. The van der Waals surface area contributed by atoms with Crippen LogP contribution in [-0.4, -0.2) is 10.7 Å². The Morgan fingerprint density at radius 3 is 2.75 bits per heavy atom. The Balaban J connectivity index is 1.84. The van der Waals surface area contributed by atoms with Crippen molar-refractivity contribution in [1.82, 2.24) is 0 Å². The highest BCUT2D eigenvalue weighted by Crippen LogP contribution is 2.33. The predicted molar refractivity (Wildman–Crippen MR) is 86.0 cm³/mol. The number of rotatable bonds is 2. The molecule has 1 nitrogen and oxygen atoms in total. The summed E-state index contributed by atoms with van der Waals surface area (Å²) >= 11 is 3.52. The van der Waals surface area contributed by atoms with Gasteiger partial charge in [-0.05, 0) is 54.2 Å². The molecule has 2 heteroatoms. The first kappa shape index (κ1) is 13.8. The van der Waals surface area contributed by atoms with Crippen LogP contribution in [0.5, 0.6) is 0 Å². The lowest BCUT2D eigenvalue weighted by Gasteiger charge is -2.34. The molecule has 2 aromatic rings. The van der Waals surface area contributed by atoms with Crippen molar-refractivity contribution in [2.75, 3.05) is 0 Å². The van der Waals surface area contributed by atoms with Gasteiger partial charge in [0.05, 0.1) is 5.60 Å². The number of benzene rings is 2. The second-order valence-corrected chi connectivity index (χ2v) is 6.83. The van der Waals surface area contributed by atoms with E-state index in [0.29, 0.717) is 0 Å². The smallest absolute Gasteiger partial charge is 0.0731 e. The topological polar surface area (TPSA) is 20.2 Å². The van der Waals surface area contributed by atoms with Crippen LogP contribution in [0.4, 0.5) is 0 Å². The third-order valence-corrected chi connectivity index (χ3v) is 4.82. The Labute approximate surface area is 128 Å². The summed E-state index contributed by atoms with van der Waals surface area (Å²) < 4.78 is 1.13. The quantitative estimate of drug-likeness (QED) is 0.874. The van der Waals surface area contributed by atoms with Crippen molar-refractivity contribution >= 4 is 15.9 Å². The molecule has 0 heterocycles. The molecule has 3 rings (SSSR count). The molecule has 0 fully saturated rings. The van der Waals surface area contributed by atoms with Crippen LogP contribution in [0.2, 0.25) is 0 Å². The molecular weight excluding hydrogens is 312 g/mol. The maximum atomic E-state index is 11.0. The molecular formula is C18H19BrO. The van der Waals surface area contributed by atoms with Gasteiger partial charge in [0.15, 0.2) is 0 Å². The van der Waals surface area contributed by atoms with E-state index < -0.39 is 5.60 Å². The highest BCUT2D eigenvalue weighted by atomic mass is 79.9. The monoisotopic (exact) mass is 330 g/mol. The van der Waals surface area contributed by atoms with Gasteiger partial charge in [0, 0.05) is 17.3 Å². The Morgan fingerprint density at radius 1 is 1.15 bits per heavy atom. The minimum absolute atomic E-state index is 0.604. The van der Waals surface area contributed by atoms with Crippen LogP contribution in [-0.2, 0) is 19.3 Å². The maximum Gasteiger partial charge on any atom is 0.0731 e. The number of aliphatic hydroxyl groups is 1. The van der Waals surface area contributed by atoms with Crippen LogP contribution < -0.4 is 0 Å². The van der Waals surface area contributed by atoms with Gasteiger partial charge in [0.2, 0.25) is 0 Å².